The van der Waals surface area contributed by atoms with Gasteiger partial charge in [0.2, 0.25) is 0 Å². The number of carbonyl (C=O) groups is 6. The van der Waals surface area contributed by atoms with Crippen molar-refractivity contribution < 1.29 is 74.4 Å². The second kappa shape index (κ2) is 11.4. The average molecular weight is 468 g/mol. The number of aliphatic hydroxyl groups excluding tert-OH is 3. The van der Waals surface area contributed by atoms with Crippen LogP contribution in [0.25, 0.3) is 0 Å². The lowest BCUT2D eigenvalue weighted by Crippen LogP contribution is -2.69. The molecule has 0 fully saturated rings. The van der Waals surface area contributed by atoms with Gasteiger partial charge in [0.1, 0.15) is 0 Å². The van der Waals surface area contributed by atoms with Crippen molar-refractivity contribution in [2.45, 2.75) is 13.3 Å². The van der Waals surface area contributed by atoms with Crippen LogP contribution in [0.1, 0.15) is 13.3 Å². The van der Waals surface area contributed by atoms with Crippen LogP contribution in [0.5, 0.6) is 0 Å². The second-order valence-electron chi connectivity index (χ2n) is 6.75. The Balaban J connectivity index is 8.24. The molecular weight excluding hydrogens is 444 g/mol. The molecule has 0 aromatic heterocycles. The topological polar surface area (TPSA) is 273 Å². The Morgan fingerprint density at radius 1 is 0.688 bits per heavy atom. The van der Waals surface area contributed by atoms with Crippen molar-refractivity contribution in [3.63, 3.8) is 0 Å². The van der Waals surface area contributed by atoms with Crippen molar-refractivity contribution in [2.75, 3.05) is 26.4 Å². The number of carbonyl (C=O) groups excluding carboxylic acids is 1. The van der Waals surface area contributed by atoms with E-state index < -0.39 is 97.2 Å². The van der Waals surface area contributed by atoms with E-state index >= 15 is 0 Å². The lowest BCUT2D eigenvalue weighted by atomic mass is 9.45. The highest BCUT2D eigenvalue weighted by atomic mass is 16.5. The van der Waals surface area contributed by atoms with E-state index in [1.165, 1.54) is 0 Å². The van der Waals surface area contributed by atoms with E-state index in [9.17, 15) is 69.6 Å². The average Bonchev–Trinajstić information content (AvgIpc) is 2.64. The van der Waals surface area contributed by atoms with Gasteiger partial charge < -0.3 is 45.6 Å². The first-order valence-electron chi connectivity index (χ1n) is 8.90. The van der Waals surface area contributed by atoms with Crippen LogP contribution in [-0.4, -0.2) is 103 Å². The maximum atomic E-state index is 12.6. The molecule has 0 aliphatic heterocycles. The molecule has 15 nitrogen and oxygen atoms in total. The van der Waals surface area contributed by atoms with Gasteiger partial charge in [0.05, 0.1) is 25.2 Å². The fourth-order valence-electron chi connectivity index (χ4n) is 4.09. The van der Waals surface area contributed by atoms with Crippen molar-refractivity contribution in [1.29, 1.82) is 0 Å². The van der Waals surface area contributed by atoms with Crippen LogP contribution in [0.4, 0.5) is 0 Å². The van der Waals surface area contributed by atoms with Crippen LogP contribution in [0, 0.1) is 28.6 Å². The molecule has 15 heteroatoms. The molecule has 1 atom stereocenters. The van der Waals surface area contributed by atoms with Crippen LogP contribution < -0.4 is 0 Å². The smallest absolute Gasteiger partial charge is 0.321 e. The molecule has 0 aromatic carbocycles. The first kappa shape index (κ1) is 28.7. The quantitative estimate of drug-likeness (QED) is 0.0887. The fraction of sp³-hybridized carbons (Fsp3) is 0.647. The Kier molecular flexibility index (Phi) is 10.2. The number of aliphatic hydroxyl groups is 3. The molecule has 0 aromatic rings. The lowest BCUT2D eigenvalue weighted by molar-refractivity contribution is -0.215. The number of ether oxygens (including phenoxy) is 1. The number of carboxylic acid groups (broad SMARTS) is 5. The highest BCUT2D eigenvalue weighted by molar-refractivity contribution is 6.05. The van der Waals surface area contributed by atoms with Crippen molar-refractivity contribution in [2.24, 2.45) is 28.6 Å². The summed E-state index contributed by atoms with van der Waals surface area (Å²) in [5.74, 6) is -23.9. The summed E-state index contributed by atoms with van der Waals surface area (Å²) in [5.41, 5.74) is -6.73. The molecule has 1 unspecified atom stereocenters. The van der Waals surface area contributed by atoms with E-state index in [0.29, 0.717) is 0 Å². The van der Waals surface area contributed by atoms with E-state index in [4.69, 9.17) is 0 Å². The molecule has 0 bridgehead atoms. The van der Waals surface area contributed by atoms with E-state index in [0.717, 1.165) is 6.92 Å². The van der Waals surface area contributed by atoms with Gasteiger partial charge in [-0.25, -0.2) is 0 Å². The Bertz CT molecular complexity index is 693. The molecule has 32 heavy (non-hydrogen) atoms. The van der Waals surface area contributed by atoms with Gasteiger partial charge in [-0.15, -0.1) is 0 Å². The van der Waals surface area contributed by atoms with Crippen LogP contribution in [0.3, 0.4) is 0 Å². The van der Waals surface area contributed by atoms with Gasteiger partial charge in [-0.05, 0) is 13.3 Å². The Morgan fingerprint density at radius 2 is 1.03 bits per heavy atom. The predicted molar refractivity (Wildman–Crippen MR) is 96.0 cm³/mol. The van der Waals surface area contributed by atoms with Crippen molar-refractivity contribution >= 4 is 35.8 Å². The predicted octanol–water partition coefficient (Wildman–Crippen LogP) is -2.84. The third-order valence-corrected chi connectivity index (χ3v) is 5.30. The molecule has 0 rings (SSSR count). The molecule has 182 valence electrons. The van der Waals surface area contributed by atoms with Crippen molar-refractivity contribution in [3.8, 4) is 0 Å². The van der Waals surface area contributed by atoms with Crippen LogP contribution >= 0.6 is 0 Å². The Labute approximate surface area is 179 Å². The number of rotatable bonds is 15. The van der Waals surface area contributed by atoms with Crippen molar-refractivity contribution in [3.05, 3.63) is 0 Å². The number of esters is 1. The molecule has 0 radical (unpaired) electrons. The lowest BCUT2D eigenvalue weighted by Gasteiger charge is -2.53. The molecule has 0 saturated carbocycles. The normalized spacial score (nSPS) is 12.9. The summed E-state index contributed by atoms with van der Waals surface area (Å²) >= 11 is 0. The summed E-state index contributed by atoms with van der Waals surface area (Å²) in [4.78, 5) is 72.7. The first-order chi connectivity index (χ1) is 14.8. The second-order valence-corrected chi connectivity index (χ2v) is 6.75. The third-order valence-electron chi connectivity index (χ3n) is 5.30. The maximum Gasteiger partial charge on any atom is 0.321 e. The van der Waals surface area contributed by atoms with E-state index in [1.54, 1.807) is 0 Å². The zero-order valence-corrected chi connectivity index (χ0v) is 16.7. The van der Waals surface area contributed by atoms with Gasteiger partial charge in [-0.2, -0.15) is 0 Å². The largest absolute Gasteiger partial charge is 0.481 e. The third kappa shape index (κ3) is 4.79. The molecular formula is C17H24O15. The van der Waals surface area contributed by atoms with Gasteiger partial charge in [-0.1, -0.05) is 0 Å². The molecule has 0 saturated heterocycles. The molecule has 0 spiro atoms. The van der Waals surface area contributed by atoms with Crippen LogP contribution in [0.15, 0.2) is 0 Å². The summed E-state index contributed by atoms with van der Waals surface area (Å²) in [7, 11) is 0. The van der Waals surface area contributed by atoms with Gasteiger partial charge in [0.15, 0.2) is 17.8 Å². The molecule has 0 heterocycles. The summed E-state index contributed by atoms with van der Waals surface area (Å²) in [6, 6.07) is 0. The number of hydrogen-bond acceptors (Lipinski definition) is 10. The number of carboxylic acids is 5. The summed E-state index contributed by atoms with van der Waals surface area (Å²) in [5, 5.41) is 77.7. The Hall–Kier alpha value is -3.30. The summed E-state index contributed by atoms with van der Waals surface area (Å²) < 4.78 is 4.54. The van der Waals surface area contributed by atoms with E-state index in [2.05, 4.69) is 4.74 Å². The minimum absolute atomic E-state index is 0.570. The molecule has 0 aliphatic carbocycles. The van der Waals surface area contributed by atoms with Gasteiger partial charge in [0, 0.05) is 12.0 Å². The van der Waals surface area contributed by atoms with Gasteiger partial charge >= 0.3 is 35.8 Å². The van der Waals surface area contributed by atoms with Crippen molar-refractivity contribution in [1.82, 2.24) is 0 Å². The van der Waals surface area contributed by atoms with Gasteiger partial charge in [0.25, 0.3) is 0 Å². The number of hydrogen-bond donors (Lipinski definition) is 8. The maximum absolute atomic E-state index is 12.6. The highest BCUT2D eigenvalue weighted by Gasteiger charge is 2.74. The number of aliphatic carboxylic acids is 5. The first-order valence-corrected chi connectivity index (χ1v) is 8.90. The fourth-order valence-corrected chi connectivity index (χ4v) is 4.09. The zero-order chi connectivity index (χ0) is 25.4. The summed E-state index contributed by atoms with van der Waals surface area (Å²) in [6.45, 7) is -3.76. The molecule has 0 amide bonds. The standard InChI is InChI=1S/C17H24O15/c1-2-32-15(31)9(14(29)30)17(7(10(21)22)11(23)24,8(12(25)26)13(27)28)16(5-19,6-20)3-4-18/h7-9,18-20H,2-6H2,1H3,(H,21,22)(H,23,24)(H,25,26)(H,27,28)(H,29,30). The zero-order valence-electron chi connectivity index (χ0n) is 16.7. The molecule has 0 aliphatic rings. The van der Waals surface area contributed by atoms with E-state index in [1.807, 2.05) is 0 Å². The minimum Gasteiger partial charge on any atom is -0.481 e. The van der Waals surface area contributed by atoms with E-state index in [-0.39, 0.29) is 0 Å². The van der Waals surface area contributed by atoms with Gasteiger partial charge in [-0.3, -0.25) is 28.8 Å². The monoisotopic (exact) mass is 468 g/mol. The van der Waals surface area contributed by atoms with Crippen LogP contribution in [0.2, 0.25) is 0 Å². The summed E-state index contributed by atoms with van der Waals surface area (Å²) in [6.07, 6.45) is -1.09. The SMILES string of the molecule is CCOC(=O)C(C(=O)O)C(C(C(=O)O)C(=O)O)(C(C(=O)O)C(=O)O)C(CO)(CO)CCO. The highest BCUT2D eigenvalue weighted by Crippen LogP contribution is 2.58. The Morgan fingerprint density at radius 3 is 1.25 bits per heavy atom. The minimum atomic E-state index is -3.79. The van der Waals surface area contributed by atoms with Crippen LogP contribution in [-0.2, 0) is 33.5 Å². The molecule has 8 N–H and O–H groups in total.